The van der Waals surface area contributed by atoms with Gasteiger partial charge in [0.1, 0.15) is 12.4 Å². The lowest BCUT2D eigenvalue weighted by molar-refractivity contribution is -0.170. The third-order valence-electron chi connectivity index (χ3n) is 7.58. The van der Waals surface area contributed by atoms with Crippen molar-refractivity contribution in [3.8, 4) is 16.9 Å². The van der Waals surface area contributed by atoms with Gasteiger partial charge in [-0.05, 0) is 60.9 Å². The number of aromatic nitrogens is 1. The Kier molecular flexibility index (Phi) is 5.39. The van der Waals surface area contributed by atoms with Crippen LogP contribution >= 0.6 is 0 Å². The zero-order valence-corrected chi connectivity index (χ0v) is 20.5. The first kappa shape index (κ1) is 22.6. The summed E-state index contributed by atoms with van der Waals surface area (Å²) in [6.45, 7) is 1.39. The van der Waals surface area contributed by atoms with Crippen molar-refractivity contribution in [2.24, 2.45) is 0 Å². The van der Waals surface area contributed by atoms with Gasteiger partial charge in [-0.15, -0.1) is 0 Å². The number of carbonyl (C=O) groups excluding carboxylic acids is 1. The largest absolute Gasteiger partial charge is 0.496 e. The van der Waals surface area contributed by atoms with Gasteiger partial charge in [-0.2, -0.15) is 4.31 Å². The summed E-state index contributed by atoms with van der Waals surface area (Å²) >= 11 is 0. The lowest BCUT2D eigenvalue weighted by Crippen LogP contribution is -2.59. The maximum Gasteiger partial charge on any atom is 0.248 e. The van der Waals surface area contributed by atoms with Gasteiger partial charge in [-0.25, -0.2) is 8.42 Å². The third-order valence-corrected chi connectivity index (χ3v) is 9.47. The fourth-order valence-electron chi connectivity index (χ4n) is 5.33. The molecule has 0 unspecified atom stereocenters. The fourth-order valence-corrected chi connectivity index (χ4v) is 6.79. The van der Waals surface area contributed by atoms with Crippen LogP contribution in [0.4, 0.5) is 0 Å². The Morgan fingerprint density at radius 2 is 1.89 bits per heavy atom. The van der Waals surface area contributed by atoms with Crippen LogP contribution in [0, 0.1) is 0 Å². The minimum atomic E-state index is -3.69. The van der Waals surface area contributed by atoms with E-state index in [-0.39, 0.29) is 17.4 Å². The summed E-state index contributed by atoms with van der Waals surface area (Å²) in [6.07, 6.45) is 5.16. The number of amides is 1. The number of carbonyl (C=O) groups is 1. The zero-order chi connectivity index (χ0) is 24.2. The van der Waals surface area contributed by atoms with Crippen LogP contribution in [-0.2, 0) is 19.6 Å². The molecule has 1 aliphatic carbocycles. The van der Waals surface area contributed by atoms with E-state index < -0.39 is 15.6 Å². The van der Waals surface area contributed by atoms with E-state index in [9.17, 15) is 13.2 Å². The maximum atomic E-state index is 13.5. The first-order chi connectivity index (χ1) is 16.9. The monoisotopic (exact) mass is 495 g/mol. The van der Waals surface area contributed by atoms with E-state index in [1.807, 2.05) is 41.4 Å². The predicted octanol–water partition coefficient (Wildman–Crippen LogP) is 3.39. The highest BCUT2D eigenvalue weighted by atomic mass is 32.2. The van der Waals surface area contributed by atoms with Crippen molar-refractivity contribution in [1.29, 1.82) is 0 Å². The Hall–Kier alpha value is -2.88. The molecule has 3 aromatic rings. The first-order valence-corrected chi connectivity index (χ1v) is 13.5. The van der Waals surface area contributed by atoms with E-state index in [2.05, 4.69) is 4.98 Å². The number of hydrogen-bond acceptors (Lipinski definition) is 5. The third kappa shape index (κ3) is 4.01. The summed E-state index contributed by atoms with van der Waals surface area (Å²) in [5.74, 6) is 0.565. The van der Waals surface area contributed by atoms with Crippen molar-refractivity contribution in [2.45, 2.75) is 42.2 Å². The van der Waals surface area contributed by atoms with Crippen molar-refractivity contribution < 1.29 is 22.7 Å². The molecule has 1 amide bonds. The number of rotatable bonds is 5. The molecule has 2 saturated heterocycles. The zero-order valence-electron chi connectivity index (χ0n) is 19.7. The molecule has 1 spiro atoms. The highest BCUT2D eigenvalue weighted by Crippen LogP contribution is 2.38. The number of sulfonamides is 1. The smallest absolute Gasteiger partial charge is 0.248 e. The summed E-state index contributed by atoms with van der Waals surface area (Å²) in [5, 5.41) is 1.11. The van der Waals surface area contributed by atoms with Gasteiger partial charge < -0.3 is 19.4 Å². The van der Waals surface area contributed by atoms with Gasteiger partial charge in [0.15, 0.2) is 0 Å². The van der Waals surface area contributed by atoms with Crippen molar-refractivity contribution in [3.05, 3.63) is 48.7 Å². The molecule has 35 heavy (non-hydrogen) atoms. The van der Waals surface area contributed by atoms with Crippen LogP contribution in [0.25, 0.3) is 22.0 Å². The molecule has 1 N–H and O–H groups in total. The molecule has 9 heteroatoms. The number of fused-ring (bicyclic) bond motifs is 1. The summed E-state index contributed by atoms with van der Waals surface area (Å²) < 4.78 is 40.1. The molecule has 1 saturated carbocycles. The Morgan fingerprint density at radius 3 is 2.63 bits per heavy atom. The van der Waals surface area contributed by atoms with Crippen LogP contribution in [0.3, 0.4) is 0 Å². The van der Waals surface area contributed by atoms with Crippen molar-refractivity contribution in [1.82, 2.24) is 14.2 Å². The highest BCUT2D eigenvalue weighted by molar-refractivity contribution is 7.89. The summed E-state index contributed by atoms with van der Waals surface area (Å²) in [7, 11) is -2.14. The number of benzene rings is 2. The Balaban J connectivity index is 1.21. The van der Waals surface area contributed by atoms with Crippen LogP contribution in [0.1, 0.15) is 25.7 Å². The molecular weight excluding hydrogens is 466 g/mol. The van der Waals surface area contributed by atoms with Gasteiger partial charge in [0.2, 0.25) is 15.9 Å². The molecule has 2 aromatic carbocycles. The Bertz CT molecular complexity index is 1390. The van der Waals surface area contributed by atoms with E-state index in [0.717, 1.165) is 34.9 Å². The van der Waals surface area contributed by atoms with E-state index >= 15 is 0 Å². The molecule has 3 fully saturated rings. The number of aromatic amines is 1. The number of nitrogens with zero attached hydrogens (tertiary/aromatic N) is 2. The van der Waals surface area contributed by atoms with Crippen LogP contribution < -0.4 is 4.74 Å². The van der Waals surface area contributed by atoms with Gasteiger partial charge in [0.05, 0.1) is 24.2 Å². The van der Waals surface area contributed by atoms with Crippen molar-refractivity contribution in [3.63, 3.8) is 0 Å². The molecule has 184 valence electrons. The van der Waals surface area contributed by atoms with Gasteiger partial charge >= 0.3 is 0 Å². The Labute approximate surface area is 204 Å². The first-order valence-electron chi connectivity index (χ1n) is 12.1. The minimum Gasteiger partial charge on any atom is -0.496 e. The van der Waals surface area contributed by atoms with E-state index in [1.165, 1.54) is 4.31 Å². The van der Waals surface area contributed by atoms with Crippen LogP contribution in [-0.4, -0.2) is 73.5 Å². The summed E-state index contributed by atoms with van der Waals surface area (Å²) in [6, 6.07) is 13.5. The predicted molar refractivity (Wildman–Crippen MR) is 132 cm³/mol. The van der Waals surface area contributed by atoms with Crippen LogP contribution in [0.2, 0.25) is 0 Å². The van der Waals surface area contributed by atoms with Crippen LogP contribution in [0.5, 0.6) is 5.75 Å². The molecule has 0 atom stereocenters. The average Bonchev–Trinajstić information content (AvgIpc) is 3.62. The topological polar surface area (TPSA) is 91.9 Å². The molecular formula is C26H29N3O5S. The van der Waals surface area contributed by atoms with Gasteiger partial charge in [0.25, 0.3) is 0 Å². The molecule has 1 aromatic heterocycles. The van der Waals surface area contributed by atoms with E-state index in [4.69, 9.17) is 9.47 Å². The second-order valence-electron chi connectivity index (χ2n) is 9.77. The van der Waals surface area contributed by atoms with Gasteiger partial charge in [0, 0.05) is 42.5 Å². The normalized spacial score (nSPS) is 21.1. The molecule has 2 aliphatic heterocycles. The lowest BCUT2D eigenvalue weighted by atomic mass is 9.90. The number of piperidine rings is 1. The standard InChI is InChI=1S/C26H29N3O5S/c1-33-24-15-21(6-7-22(24)19-3-2-18-8-11-27-23(18)14-19)35(31,32)28-12-9-26(10-13-28)17-29(20-4-5-20)25(30)16-34-26/h2-3,6-8,11,14-15,20,27H,4-5,9-10,12-13,16-17H2,1H3. The number of H-pyrrole nitrogens is 1. The van der Waals surface area contributed by atoms with Crippen molar-refractivity contribution in [2.75, 3.05) is 33.4 Å². The quantitative estimate of drug-likeness (QED) is 0.586. The Morgan fingerprint density at radius 1 is 1.09 bits per heavy atom. The summed E-state index contributed by atoms with van der Waals surface area (Å²) in [4.78, 5) is 17.6. The van der Waals surface area contributed by atoms with Gasteiger partial charge in [-0.3, -0.25) is 4.79 Å². The second-order valence-corrected chi connectivity index (χ2v) is 11.7. The van der Waals surface area contributed by atoms with Gasteiger partial charge in [-0.1, -0.05) is 12.1 Å². The molecule has 6 rings (SSSR count). The SMILES string of the molecule is COc1cc(S(=O)(=O)N2CCC3(CC2)CN(C2CC2)C(=O)CO3)ccc1-c1ccc2cc[nH]c2c1. The fraction of sp³-hybridized carbons (Fsp3) is 0.423. The number of morpholine rings is 1. The molecule has 0 bridgehead atoms. The summed E-state index contributed by atoms with van der Waals surface area (Å²) in [5.41, 5.74) is 2.35. The highest BCUT2D eigenvalue weighted by Gasteiger charge is 2.47. The maximum absolute atomic E-state index is 13.5. The van der Waals surface area contributed by atoms with E-state index in [0.29, 0.717) is 44.3 Å². The molecule has 0 radical (unpaired) electrons. The number of hydrogen-bond donors (Lipinski definition) is 1. The number of nitrogens with one attached hydrogen (secondary N) is 1. The molecule has 8 nitrogen and oxygen atoms in total. The molecule has 3 aliphatic rings. The molecule has 3 heterocycles. The second kappa shape index (κ2) is 8.36. The van der Waals surface area contributed by atoms with Crippen molar-refractivity contribution >= 4 is 26.8 Å². The number of methoxy groups -OCH3 is 1. The lowest BCUT2D eigenvalue weighted by Gasteiger charge is -2.46. The average molecular weight is 496 g/mol. The minimum absolute atomic E-state index is 0.0516. The van der Waals surface area contributed by atoms with Crippen LogP contribution in [0.15, 0.2) is 53.6 Å². The number of ether oxygens (including phenoxy) is 2. The van der Waals surface area contributed by atoms with E-state index in [1.54, 1.807) is 19.2 Å².